The lowest BCUT2D eigenvalue weighted by molar-refractivity contribution is 0.251. The van der Waals surface area contributed by atoms with Gasteiger partial charge in [-0.05, 0) is 51.3 Å². The van der Waals surface area contributed by atoms with E-state index >= 15 is 0 Å². The minimum atomic E-state index is -3.09. The zero-order valence-electron chi connectivity index (χ0n) is 16.9. The van der Waals surface area contributed by atoms with Crippen molar-refractivity contribution in [2.45, 2.75) is 50.2 Å². The standard InChI is InChI=1S/C20H30FN3O2S.HI/c1-4-22-18(24-12-13-27(25,26)19(2,3)15-24)23-14-20(10-5-11-20)16-6-8-17(21)9-7-16;/h6-9H,4-5,10-15H2,1-3H3,(H,22,23);1H. The second kappa shape index (κ2) is 8.85. The number of nitrogens with zero attached hydrogens (tertiary/aromatic N) is 2. The van der Waals surface area contributed by atoms with Crippen LogP contribution in [-0.4, -0.2) is 56.0 Å². The van der Waals surface area contributed by atoms with Gasteiger partial charge in [-0.15, -0.1) is 24.0 Å². The Morgan fingerprint density at radius 1 is 1.25 bits per heavy atom. The summed E-state index contributed by atoms with van der Waals surface area (Å²) in [6.45, 7) is 7.83. The van der Waals surface area contributed by atoms with Crippen molar-refractivity contribution in [1.82, 2.24) is 10.2 Å². The number of guanidine groups is 1. The topological polar surface area (TPSA) is 61.8 Å². The van der Waals surface area contributed by atoms with Crippen molar-refractivity contribution in [3.63, 3.8) is 0 Å². The first-order chi connectivity index (χ1) is 12.7. The van der Waals surface area contributed by atoms with E-state index in [1.807, 2.05) is 19.1 Å². The van der Waals surface area contributed by atoms with Crippen LogP contribution in [0, 0.1) is 5.82 Å². The minimum Gasteiger partial charge on any atom is -0.357 e. The van der Waals surface area contributed by atoms with Gasteiger partial charge in [0.15, 0.2) is 15.8 Å². The van der Waals surface area contributed by atoms with Crippen LogP contribution in [0.15, 0.2) is 29.3 Å². The highest BCUT2D eigenvalue weighted by atomic mass is 127. The molecular formula is C20H31FIN3O2S. The number of benzene rings is 1. The average Bonchev–Trinajstić information content (AvgIpc) is 2.57. The zero-order chi connectivity index (χ0) is 19.7. The van der Waals surface area contributed by atoms with E-state index in [2.05, 4.69) is 10.2 Å². The third-order valence-electron chi connectivity index (χ3n) is 5.98. The molecule has 8 heteroatoms. The second-order valence-electron chi connectivity index (χ2n) is 8.31. The minimum absolute atomic E-state index is 0. The molecule has 0 amide bonds. The van der Waals surface area contributed by atoms with E-state index in [1.54, 1.807) is 13.8 Å². The number of rotatable bonds is 4. The molecular weight excluding hydrogens is 492 g/mol. The summed E-state index contributed by atoms with van der Waals surface area (Å²) in [5.41, 5.74) is 1.10. The molecule has 1 heterocycles. The molecule has 158 valence electrons. The van der Waals surface area contributed by atoms with Crippen LogP contribution in [0.1, 0.15) is 45.6 Å². The van der Waals surface area contributed by atoms with Crippen LogP contribution >= 0.6 is 24.0 Å². The lowest BCUT2D eigenvalue weighted by atomic mass is 9.64. The lowest BCUT2D eigenvalue weighted by Gasteiger charge is -2.43. The zero-order valence-corrected chi connectivity index (χ0v) is 20.0. The van der Waals surface area contributed by atoms with Gasteiger partial charge in [-0.1, -0.05) is 18.6 Å². The number of sulfone groups is 1. The summed E-state index contributed by atoms with van der Waals surface area (Å²) in [5, 5.41) is 3.32. The Kier molecular flexibility index (Phi) is 7.39. The Labute approximate surface area is 185 Å². The summed E-state index contributed by atoms with van der Waals surface area (Å²) < 4.78 is 37.1. The molecule has 1 aliphatic carbocycles. The highest BCUT2D eigenvalue weighted by Gasteiger charge is 2.42. The Hall–Kier alpha value is -0.900. The van der Waals surface area contributed by atoms with E-state index in [-0.39, 0.29) is 41.0 Å². The molecule has 1 N–H and O–H groups in total. The smallest absolute Gasteiger partial charge is 0.194 e. The maximum absolute atomic E-state index is 13.3. The monoisotopic (exact) mass is 523 g/mol. The first-order valence-corrected chi connectivity index (χ1v) is 11.4. The summed E-state index contributed by atoms with van der Waals surface area (Å²) >= 11 is 0. The molecule has 0 atom stereocenters. The SMILES string of the molecule is CCNC(=NCC1(c2ccc(F)cc2)CCC1)N1CCS(=O)(=O)C(C)(C)C1.I. The molecule has 0 radical (unpaired) electrons. The first kappa shape index (κ1) is 23.4. The third kappa shape index (κ3) is 4.63. The molecule has 3 rings (SSSR count). The average molecular weight is 523 g/mol. The van der Waals surface area contributed by atoms with Gasteiger partial charge >= 0.3 is 0 Å². The third-order valence-corrected chi connectivity index (χ3v) is 8.51. The van der Waals surface area contributed by atoms with Crippen LogP contribution in [0.25, 0.3) is 0 Å². The van der Waals surface area contributed by atoms with Gasteiger partial charge < -0.3 is 10.2 Å². The molecule has 1 aromatic carbocycles. The van der Waals surface area contributed by atoms with Crippen LogP contribution in [0.3, 0.4) is 0 Å². The van der Waals surface area contributed by atoms with Crippen LogP contribution in [-0.2, 0) is 15.3 Å². The second-order valence-corrected chi connectivity index (χ2v) is 11.1. The Morgan fingerprint density at radius 2 is 1.89 bits per heavy atom. The number of nitrogens with one attached hydrogen (secondary N) is 1. The fraction of sp³-hybridized carbons (Fsp3) is 0.650. The maximum Gasteiger partial charge on any atom is 0.194 e. The molecule has 1 aliphatic heterocycles. The summed E-state index contributed by atoms with van der Waals surface area (Å²) in [7, 11) is -3.09. The number of aliphatic imine (C=N–C) groups is 1. The predicted octanol–water partition coefficient (Wildman–Crippen LogP) is 3.34. The largest absolute Gasteiger partial charge is 0.357 e. The normalized spacial score (nSPS) is 22.7. The number of hydrogen-bond acceptors (Lipinski definition) is 3. The van der Waals surface area contributed by atoms with Crippen molar-refractivity contribution in [2.75, 3.05) is 31.9 Å². The molecule has 1 saturated heterocycles. The molecule has 5 nitrogen and oxygen atoms in total. The van der Waals surface area contributed by atoms with Crippen molar-refractivity contribution in [3.05, 3.63) is 35.6 Å². The van der Waals surface area contributed by atoms with Gasteiger partial charge in [0, 0.05) is 25.0 Å². The van der Waals surface area contributed by atoms with Crippen LogP contribution in [0.4, 0.5) is 4.39 Å². The van der Waals surface area contributed by atoms with Crippen molar-refractivity contribution in [3.8, 4) is 0 Å². The Morgan fingerprint density at radius 3 is 2.39 bits per heavy atom. The lowest BCUT2D eigenvalue weighted by Crippen LogP contribution is -2.57. The number of hydrogen-bond donors (Lipinski definition) is 1. The van der Waals surface area contributed by atoms with Gasteiger partial charge in [0.25, 0.3) is 0 Å². The molecule has 0 spiro atoms. The fourth-order valence-corrected chi connectivity index (χ4v) is 5.29. The van der Waals surface area contributed by atoms with E-state index in [9.17, 15) is 12.8 Å². The van der Waals surface area contributed by atoms with E-state index < -0.39 is 14.6 Å². The van der Waals surface area contributed by atoms with E-state index in [1.165, 1.54) is 12.1 Å². The highest BCUT2D eigenvalue weighted by molar-refractivity contribution is 14.0. The first-order valence-electron chi connectivity index (χ1n) is 9.71. The molecule has 28 heavy (non-hydrogen) atoms. The Bertz CT molecular complexity index is 805. The van der Waals surface area contributed by atoms with Gasteiger partial charge in [-0.3, -0.25) is 4.99 Å². The summed E-state index contributed by atoms with van der Waals surface area (Å²) in [5.74, 6) is 0.698. The number of halogens is 2. The van der Waals surface area contributed by atoms with E-state index in [0.717, 1.165) is 37.3 Å². The molecule has 2 aliphatic rings. The predicted molar refractivity (Wildman–Crippen MR) is 123 cm³/mol. The van der Waals surface area contributed by atoms with Crippen molar-refractivity contribution < 1.29 is 12.8 Å². The summed E-state index contributed by atoms with van der Waals surface area (Å²) in [6.07, 6.45) is 3.24. The molecule has 1 saturated carbocycles. The molecule has 0 aromatic heterocycles. The highest BCUT2D eigenvalue weighted by Crippen LogP contribution is 2.44. The Balaban J connectivity index is 0.00000280. The van der Waals surface area contributed by atoms with Gasteiger partial charge in [0.1, 0.15) is 5.82 Å². The quantitative estimate of drug-likeness (QED) is 0.374. The summed E-state index contributed by atoms with van der Waals surface area (Å²) in [6, 6.07) is 6.77. The molecule has 0 bridgehead atoms. The molecule has 0 unspecified atom stereocenters. The molecule has 1 aromatic rings. The van der Waals surface area contributed by atoms with Crippen LogP contribution in [0.5, 0.6) is 0 Å². The van der Waals surface area contributed by atoms with Crippen LogP contribution < -0.4 is 5.32 Å². The fourth-order valence-electron chi connectivity index (χ4n) is 3.92. The van der Waals surface area contributed by atoms with E-state index in [4.69, 9.17) is 4.99 Å². The van der Waals surface area contributed by atoms with Crippen molar-refractivity contribution in [1.29, 1.82) is 0 Å². The van der Waals surface area contributed by atoms with Crippen molar-refractivity contribution in [2.24, 2.45) is 4.99 Å². The van der Waals surface area contributed by atoms with Gasteiger partial charge in [0.05, 0.1) is 17.0 Å². The van der Waals surface area contributed by atoms with Crippen LogP contribution in [0.2, 0.25) is 0 Å². The van der Waals surface area contributed by atoms with E-state index in [0.29, 0.717) is 19.6 Å². The van der Waals surface area contributed by atoms with Gasteiger partial charge in [0.2, 0.25) is 0 Å². The maximum atomic E-state index is 13.3. The van der Waals surface area contributed by atoms with Gasteiger partial charge in [-0.25, -0.2) is 12.8 Å². The van der Waals surface area contributed by atoms with Gasteiger partial charge in [-0.2, -0.15) is 0 Å². The summed E-state index contributed by atoms with van der Waals surface area (Å²) in [4.78, 5) is 6.94. The van der Waals surface area contributed by atoms with Crippen molar-refractivity contribution >= 4 is 39.8 Å². The molecule has 2 fully saturated rings.